The van der Waals surface area contributed by atoms with Crippen molar-refractivity contribution in [2.24, 2.45) is 23.7 Å². The maximum Gasteiger partial charge on any atom is 0.246 e. The number of allylic oxidation sites excluding steroid dienone is 2. The Hall–Kier alpha value is -6.65. The Kier molecular flexibility index (Phi) is 9.83. The molecule has 2 aliphatic carbocycles. The van der Waals surface area contributed by atoms with Crippen molar-refractivity contribution in [2.45, 2.75) is 24.2 Å². The van der Waals surface area contributed by atoms with Crippen LogP contribution in [-0.2, 0) is 24.6 Å². The molecular formula is C49H41ClN2O8. The number of carbonyl (C=O) groups excluding carboxylic acids is 4. The predicted molar refractivity (Wildman–Crippen MR) is 228 cm³/mol. The number of hydrogen-bond donors (Lipinski definition) is 1. The van der Waals surface area contributed by atoms with E-state index in [-0.39, 0.29) is 30.4 Å². The van der Waals surface area contributed by atoms with E-state index in [4.69, 9.17) is 25.8 Å². The van der Waals surface area contributed by atoms with Crippen molar-refractivity contribution in [1.29, 1.82) is 0 Å². The third-order valence-corrected chi connectivity index (χ3v) is 13.0. The van der Waals surface area contributed by atoms with Gasteiger partial charge in [0.05, 0.1) is 55.9 Å². The molecule has 6 atom stereocenters. The SMILES string of the molecule is COc1ccc(C2C3=CCC4C(=O)N(c5ccc(C=Cc6cc(OC)ccc6OC)cc5)C(=O)C4C3CC3C(=O)N(c4cccc(Cl)c4)C(=O)C32c2ccccc2)c(O)c1. The summed E-state index contributed by atoms with van der Waals surface area (Å²) in [6, 6.07) is 33.5. The molecule has 9 rings (SSSR count). The van der Waals surface area contributed by atoms with E-state index in [9.17, 15) is 14.7 Å². The number of ether oxygens (including phenoxy) is 3. The Morgan fingerprint density at radius 2 is 1.43 bits per heavy atom. The van der Waals surface area contributed by atoms with Crippen LogP contribution in [0.1, 0.15) is 41.0 Å². The van der Waals surface area contributed by atoms with Crippen LogP contribution < -0.4 is 24.0 Å². The summed E-state index contributed by atoms with van der Waals surface area (Å²) in [4.78, 5) is 62.2. The fraction of sp³-hybridized carbons (Fsp3) is 0.224. The maximum atomic E-state index is 15.5. The van der Waals surface area contributed by atoms with Crippen molar-refractivity contribution in [2.75, 3.05) is 31.1 Å². The van der Waals surface area contributed by atoms with Crippen LogP contribution >= 0.6 is 11.6 Å². The predicted octanol–water partition coefficient (Wildman–Crippen LogP) is 8.61. The van der Waals surface area contributed by atoms with Crippen LogP contribution in [-0.4, -0.2) is 50.1 Å². The number of methoxy groups -OCH3 is 3. The number of benzene rings is 5. The minimum Gasteiger partial charge on any atom is -0.508 e. The summed E-state index contributed by atoms with van der Waals surface area (Å²) in [5.74, 6) is -3.85. The fourth-order valence-electron chi connectivity index (χ4n) is 10.1. The van der Waals surface area contributed by atoms with Gasteiger partial charge in [0.2, 0.25) is 23.6 Å². The Morgan fingerprint density at radius 3 is 2.13 bits per heavy atom. The lowest BCUT2D eigenvalue weighted by Crippen LogP contribution is -2.53. The summed E-state index contributed by atoms with van der Waals surface area (Å²) >= 11 is 6.43. The van der Waals surface area contributed by atoms with Crippen molar-refractivity contribution in [3.63, 3.8) is 0 Å². The summed E-state index contributed by atoms with van der Waals surface area (Å²) in [6.07, 6.45) is 6.15. The lowest BCUT2D eigenvalue weighted by Gasteiger charge is -2.50. The second-order valence-corrected chi connectivity index (χ2v) is 16.0. The third kappa shape index (κ3) is 6.00. The molecule has 5 aromatic carbocycles. The van der Waals surface area contributed by atoms with Crippen molar-refractivity contribution in [3.05, 3.63) is 154 Å². The van der Waals surface area contributed by atoms with Crippen LogP contribution in [0.15, 0.2) is 127 Å². The number of phenolic OH excluding ortho intramolecular Hbond substituents is 1. The Bertz CT molecular complexity index is 2620. The van der Waals surface area contributed by atoms with Crippen LogP contribution in [0.5, 0.6) is 23.0 Å². The molecule has 60 heavy (non-hydrogen) atoms. The molecule has 6 unspecified atom stereocenters. The molecule has 0 aromatic heterocycles. The van der Waals surface area contributed by atoms with E-state index in [1.165, 1.54) is 23.0 Å². The largest absolute Gasteiger partial charge is 0.508 e. The lowest BCUT2D eigenvalue weighted by molar-refractivity contribution is -0.127. The summed E-state index contributed by atoms with van der Waals surface area (Å²) in [5, 5.41) is 12.1. The summed E-state index contributed by atoms with van der Waals surface area (Å²) < 4.78 is 16.3. The number of hydrogen-bond acceptors (Lipinski definition) is 8. The zero-order valence-corrected chi connectivity index (χ0v) is 33.8. The van der Waals surface area contributed by atoms with Gasteiger partial charge in [0.25, 0.3) is 0 Å². The van der Waals surface area contributed by atoms with Gasteiger partial charge < -0.3 is 19.3 Å². The zero-order chi connectivity index (χ0) is 41.9. The number of halogens is 1. The Morgan fingerprint density at radius 1 is 0.700 bits per heavy atom. The summed E-state index contributed by atoms with van der Waals surface area (Å²) in [6.45, 7) is 0. The molecule has 5 aromatic rings. The van der Waals surface area contributed by atoms with Crippen LogP contribution in [0, 0.1) is 23.7 Å². The number of aromatic hydroxyl groups is 1. The monoisotopic (exact) mass is 820 g/mol. The fourth-order valence-corrected chi connectivity index (χ4v) is 10.3. The van der Waals surface area contributed by atoms with Gasteiger partial charge in [-0.05, 0) is 84.5 Å². The van der Waals surface area contributed by atoms with Gasteiger partial charge in [-0.15, -0.1) is 0 Å². The van der Waals surface area contributed by atoms with Gasteiger partial charge in [0.1, 0.15) is 23.0 Å². The highest BCUT2D eigenvalue weighted by atomic mass is 35.5. The second kappa shape index (κ2) is 15.2. The smallest absolute Gasteiger partial charge is 0.246 e. The van der Waals surface area contributed by atoms with Crippen LogP contribution in [0.3, 0.4) is 0 Å². The highest BCUT2D eigenvalue weighted by molar-refractivity contribution is 6.32. The lowest BCUT2D eigenvalue weighted by atomic mass is 9.49. The van der Waals surface area contributed by atoms with Gasteiger partial charge in [0, 0.05) is 28.1 Å². The molecule has 11 heteroatoms. The van der Waals surface area contributed by atoms with E-state index in [1.807, 2.05) is 78.9 Å². The average molecular weight is 821 g/mol. The summed E-state index contributed by atoms with van der Waals surface area (Å²) in [5.41, 5.74) is 2.66. The van der Waals surface area contributed by atoms with Gasteiger partial charge in [-0.1, -0.05) is 90.0 Å². The minimum absolute atomic E-state index is 0.118. The first kappa shape index (κ1) is 38.8. The molecule has 4 amide bonds. The maximum absolute atomic E-state index is 15.5. The van der Waals surface area contributed by atoms with Gasteiger partial charge in [-0.3, -0.25) is 24.1 Å². The van der Waals surface area contributed by atoms with E-state index in [1.54, 1.807) is 62.8 Å². The van der Waals surface area contributed by atoms with E-state index in [0.717, 1.165) is 16.7 Å². The summed E-state index contributed by atoms with van der Waals surface area (Å²) in [7, 11) is 4.70. The number of amides is 4. The molecule has 0 radical (unpaired) electrons. The van der Waals surface area contributed by atoms with E-state index in [0.29, 0.717) is 44.8 Å². The molecule has 10 nitrogen and oxygen atoms in total. The third-order valence-electron chi connectivity index (χ3n) is 12.8. The molecule has 302 valence electrons. The topological polar surface area (TPSA) is 123 Å². The molecule has 2 aliphatic heterocycles. The number of anilines is 2. The number of fused-ring (bicyclic) bond motifs is 4. The highest BCUT2D eigenvalue weighted by Crippen LogP contribution is 2.65. The minimum atomic E-state index is -1.52. The van der Waals surface area contributed by atoms with Crippen LogP contribution in [0.25, 0.3) is 12.2 Å². The number of imide groups is 2. The second-order valence-electron chi connectivity index (χ2n) is 15.6. The van der Waals surface area contributed by atoms with Crippen LogP contribution in [0.2, 0.25) is 5.02 Å². The van der Waals surface area contributed by atoms with Gasteiger partial charge >= 0.3 is 0 Å². The molecule has 0 bridgehead atoms. The number of phenols is 1. The molecule has 0 spiro atoms. The first-order valence-corrected chi connectivity index (χ1v) is 20.1. The first-order valence-electron chi connectivity index (χ1n) is 19.7. The van der Waals surface area contributed by atoms with Crippen molar-refractivity contribution in [1.82, 2.24) is 0 Å². The Labute approximate surface area is 352 Å². The standard InChI is InChI=1S/C49H41ClN2O8/c1-58-34-19-23-42(60-3)29(24-34)15-12-28-13-16-32(17-14-28)51-45(54)38-22-21-36-39(43(38)47(51)56)27-40-46(55)52(33-11-7-10-31(50)25-33)48(57)49(40,30-8-5-4-6-9-30)44(36)37-20-18-35(59-2)26-41(37)53/h4-21,23-26,38-40,43-44,53H,22,27H2,1-3H3. The number of carbonyl (C=O) groups is 4. The van der Waals surface area contributed by atoms with E-state index < -0.39 is 46.8 Å². The van der Waals surface area contributed by atoms with Crippen molar-refractivity contribution in [3.8, 4) is 23.0 Å². The molecule has 2 saturated heterocycles. The highest BCUT2D eigenvalue weighted by Gasteiger charge is 2.70. The van der Waals surface area contributed by atoms with E-state index >= 15 is 9.59 Å². The van der Waals surface area contributed by atoms with Gasteiger partial charge in [-0.25, -0.2) is 4.90 Å². The molecule has 1 saturated carbocycles. The van der Waals surface area contributed by atoms with Crippen LogP contribution in [0.4, 0.5) is 11.4 Å². The van der Waals surface area contributed by atoms with Crippen molar-refractivity contribution < 1.29 is 38.5 Å². The van der Waals surface area contributed by atoms with Gasteiger partial charge in [0.15, 0.2) is 0 Å². The normalized spacial score (nSPS) is 24.6. The average Bonchev–Trinajstić information content (AvgIpc) is 3.66. The molecule has 4 aliphatic rings. The van der Waals surface area contributed by atoms with E-state index in [2.05, 4.69) is 0 Å². The number of rotatable bonds is 9. The molecular weight excluding hydrogens is 780 g/mol. The molecule has 3 fully saturated rings. The quantitative estimate of drug-likeness (QED) is 0.0892. The Balaban J connectivity index is 1.13. The first-order chi connectivity index (χ1) is 29.1. The number of nitrogens with zero attached hydrogens (tertiary/aromatic N) is 2. The molecule has 2 heterocycles. The molecule has 1 N–H and O–H groups in total. The zero-order valence-electron chi connectivity index (χ0n) is 33.1. The van der Waals surface area contributed by atoms with Gasteiger partial charge in [-0.2, -0.15) is 0 Å². The van der Waals surface area contributed by atoms with Crippen molar-refractivity contribution >= 4 is 58.8 Å².